The molecule has 0 spiro atoms. The lowest BCUT2D eigenvalue weighted by Crippen LogP contribution is -1.92. The average molecular weight is 153 g/mol. The van der Waals surface area contributed by atoms with Crippen molar-refractivity contribution in [3.05, 3.63) is 17.7 Å². The summed E-state index contributed by atoms with van der Waals surface area (Å²) in [4.78, 5) is 4.03. The van der Waals surface area contributed by atoms with Crippen LogP contribution in [0.5, 0.6) is 11.8 Å². The molecule has 1 rings (SSSR count). The maximum Gasteiger partial charge on any atom is 0.216 e. The van der Waals surface area contributed by atoms with E-state index in [9.17, 15) is 0 Å². The van der Waals surface area contributed by atoms with Crippen molar-refractivity contribution in [1.82, 2.24) is 4.98 Å². The van der Waals surface area contributed by atoms with Gasteiger partial charge in [-0.2, -0.15) is 4.98 Å². The van der Waals surface area contributed by atoms with Gasteiger partial charge in [0.05, 0.1) is 14.2 Å². The first-order valence-electron chi connectivity index (χ1n) is 3.33. The smallest absolute Gasteiger partial charge is 0.216 e. The quantitative estimate of drug-likeness (QED) is 0.643. The number of rotatable bonds is 2. The summed E-state index contributed by atoms with van der Waals surface area (Å²) in [6.07, 6.45) is 0. The Balaban J connectivity index is 3.02. The van der Waals surface area contributed by atoms with Gasteiger partial charge in [0.25, 0.3) is 0 Å². The molecule has 0 aliphatic heterocycles. The van der Waals surface area contributed by atoms with Crippen LogP contribution in [0.1, 0.15) is 5.56 Å². The Hall–Kier alpha value is -1.25. The zero-order valence-corrected chi connectivity index (χ0v) is 6.92. The van der Waals surface area contributed by atoms with E-state index in [1.165, 1.54) is 0 Å². The molecule has 3 nitrogen and oxygen atoms in total. The van der Waals surface area contributed by atoms with Crippen molar-refractivity contribution in [3.8, 4) is 11.8 Å². The van der Waals surface area contributed by atoms with Gasteiger partial charge in [-0.15, -0.1) is 0 Å². The van der Waals surface area contributed by atoms with Gasteiger partial charge in [-0.05, 0) is 12.5 Å². The van der Waals surface area contributed by atoms with Crippen molar-refractivity contribution in [2.45, 2.75) is 6.92 Å². The van der Waals surface area contributed by atoms with Gasteiger partial charge in [0.2, 0.25) is 11.8 Å². The fourth-order valence-corrected chi connectivity index (χ4v) is 0.813. The minimum Gasteiger partial charge on any atom is -0.481 e. The highest BCUT2D eigenvalue weighted by atomic mass is 16.5. The molecule has 0 unspecified atom stereocenters. The summed E-state index contributed by atoms with van der Waals surface area (Å²) >= 11 is 0. The second-order valence-electron chi connectivity index (χ2n) is 2.23. The summed E-state index contributed by atoms with van der Waals surface area (Å²) in [6, 6.07) is 3.70. The van der Waals surface area contributed by atoms with E-state index in [2.05, 4.69) is 4.98 Å². The van der Waals surface area contributed by atoms with Crippen molar-refractivity contribution in [2.75, 3.05) is 14.2 Å². The van der Waals surface area contributed by atoms with Gasteiger partial charge >= 0.3 is 0 Å². The fraction of sp³-hybridized carbons (Fsp3) is 0.375. The third kappa shape index (κ3) is 1.83. The highest BCUT2D eigenvalue weighted by molar-refractivity contribution is 5.26. The van der Waals surface area contributed by atoms with Crippen LogP contribution >= 0.6 is 0 Å². The first-order chi connectivity index (χ1) is 5.26. The number of hydrogen-bond donors (Lipinski definition) is 0. The SMILES string of the molecule is COc1cc(C)cc(OC)n1. The Morgan fingerprint density at radius 1 is 1.09 bits per heavy atom. The Labute approximate surface area is 66.0 Å². The first-order valence-corrected chi connectivity index (χ1v) is 3.33. The molecule has 0 saturated heterocycles. The second kappa shape index (κ2) is 3.23. The van der Waals surface area contributed by atoms with Gasteiger partial charge in [-0.25, -0.2) is 0 Å². The van der Waals surface area contributed by atoms with E-state index < -0.39 is 0 Å². The molecule has 11 heavy (non-hydrogen) atoms. The standard InChI is InChI=1S/C8H11NO2/c1-6-4-7(10-2)9-8(5-6)11-3/h4-5H,1-3H3. The fourth-order valence-electron chi connectivity index (χ4n) is 0.813. The Morgan fingerprint density at radius 3 is 1.91 bits per heavy atom. The summed E-state index contributed by atoms with van der Waals surface area (Å²) in [5.41, 5.74) is 1.08. The molecule has 3 heteroatoms. The zero-order valence-electron chi connectivity index (χ0n) is 6.92. The zero-order chi connectivity index (χ0) is 8.27. The van der Waals surface area contributed by atoms with Crippen LogP contribution in [-0.4, -0.2) is 19.2 Å². The Morgan fingerprint density at radius 2 is 1.55 bits per heavy atom. The minimum absolute atomic E-state index is 0.585. The van der Waals surface area contributed by atoms with E-state index in [4.69, 9.17) is 9.47 Å². The Bertz CT molecular complexity index is 226. The number of methoxy groups -OCH3 is 2. The van der Waals surface area contributed by atoms with Crippen LogP contribution in [0.3, 0.4) is 0 Å². The molecule has 1 aromatic rings. The third-order valence-corrected chi connectivity index (χ3v) is 1.34. The van der Waals surface area contributed by atoms with Gasteiger partial charge in [0, 0.05) is 12.1 Å². The van der Waals surface area contributed by atoms with Crippen LogP contribution in [0.4, 0.5) is 0 Å². The largest absolute Gasteiger partial charge is 0.481 e. The van der Waals surface area contributed by atoms with Crippen molar-refractivity contribution in [2.24, 2.45) is 0 Å². The highest BCUT2D eigenvalue weighted by Crippen LogP contribution is 2.15. The van der Waals surface area contributed by atoms with Crippen LogP contribution in [0, 0.1) is 6.92 Å². The molecule has 0 radical (unpaired) electrons. The van der Waals surface area contributed by atoms with E-state index in [0.717, 1.165) is 5.56 Å². The van der Waals surface area contributed by atoms with Crippen molar-refractivity contribution < 1.29 is 9.47 Å². The normalized spacial score (nSPS) is 9.36. The summed E-state index contributed by atoms with van der Waals surface area (Å²) in [6.45, 7) is 1.96. The lowest BCUT2D eigenvalue weighted by molar-refractivity contribution is 0.364. The van der Waals surface area contributed by atoms with E-state index >= 15 is 0 Å². The number of ether oxygens (including phenoxy) is 2. The number of nitrogens with zero attached hydrogens (tertiary/aromatic N) is 1. The van der Waals surface area contributed by atoms with Crippen LogP contribution < -0.4 is 9.47 Å². The van der Waals surface area contributed by atoms with E-state index in [1.807, 2.05) is 19.1 Å². The molecule has 0 amide bonds. The topological polar surface area (TPSA) is 31.4 Å². The predicted octanol–water partition coefficient (Wildman–Crippen LogP) is 1.41. The van der Waals surface area contributed by atoms with Crippen molar-refractivity contribution >= 4 is 0 Å². The predicted molar refractivity (Wildman–Crippen MR) is 42.1 cm³/mol. The molecular weight excluding hydrogens is 142 g/mol. The molecule has 0 aromatic carbocycles. The average Bonchev–Trinajstić information content (AvgIpc) is 2.03. The van der Waals surface area contributed by atoms with Crippen molar-refractivity contribution in [1.29, 1.82) is 0 Å². The molecule has 0 N–H and O–H groups in total. The van der Waals surface area contributed by atoms with Crippen LogP contribution in [0.25, 0.3) is 0 Å². The monoisotopic (exact) mass is 153 g/mol. The van der Waals surface area contributed by atoms with Gasteiger partial charge in [0.1, 0.15) is 0 Å². The second-order valence-corrected chi connectivity index (χ2v) is 2.23. The molecule has 0 bridgehead atoms. The van der Waals surface area contributed by atoms with E-state index in [-0.39, 0.29) is 0 Å². The van der Waals surface area contributed by atoms with Gasteiger partial charge < -0.3 is 9.47 Å². The maximum absolute atomic E-state index is 4.95. The summed E-state index contributed by atoms with van der Waals surface area (Å²) in [7, 11) is 3.17. The number of aromatic nitrogens is 1. The minimum atomic E-state index is 0.585. The summed E-state index contributed by atoms with van der Waals surface area (Å²) in [5, 5.41) is 0. The van der Waals surface area contributed by atoms with Gasteiger partial charge in [-0.1, -0.05) is 0 Å². The van der Waals surface area contributed by atoms with Crippen LogP contribution in [0.15, 0.2) is 12.1 Å². The molecule has 0 fully saturated rings. The lowest BCUT2D eigenvalue weighted by atomic mass is 10.3. The molecule has 0 saturated carbocycles. The number of pyridine rings is 1. The molecule has 0 aliphatic rings. The number of hydrogen-bond acceptors (Lipinski definition) is 3. The molecular formula is C8H11NO2. The third-order valence-electron chi connectivity index (χ3n) is 1.34. The molecule has 0 aliphatic carbocycles. The maximum atomic E-state index is 4.95. The first kappa shape index (κ1) is 7.85. The molecule has 1 heterocycles. The van der Waals surface area contributed by atoms with Gasteiger partial charge in [0.15, 0.2) is 0 Å². The Kier molecular flexibility index (Phi) is 2.31. The number of aryl methyl sites for hydroxylation is 1. The van der Waals surface area contributed by atoms with E-state index in [0.29, 0.717) is 11.8 Å². The summed E-state index contributed by atoms with van der Waals surface area (Å²) < 4.78 is 9.89. The van der Waals surface area contributed by atoms with Crippen LogP contribution in [0.2, 0.25) is 0 Å². The van der Waals surface area contributed by atoms with Gasteiger partial charge in [-0.3, -0.25) is 0 Å². The van der Waals surface area contributed by atoms with E-state index in [1.54, 1.807) is 14.2 Å². The highest BCUT2D eigenvalue weighted by Gasteiger charge is 1.98. The molecule has 60 valence electrons. The van der Waals surface area contributed by atoms with Crippen molar-refractivity contribution in [3.63, 3.8) is 0 Å². The molecule has 0 atom stereocenters. The summed E-state index contributed by atoms with van der Waals surface area (Å²) in [5.74, 6) is 1.17. The molecule has 1 aromatic heterocycles. The van der Waals surface area contributed by atoms with Crippen LogP contribution in [-0.2, 0) is 0 Å². The lowest BCUT2D eigenvalue weighted by Gasteiger charge is -2.03.